The first-order valence-corrected chi connectivity index (χ1v) is 9.84. The summed E-state index contributed by atoms with van der Waals surface area (Å²) in [5.74, 6) is -0.0935. The van der Waals surface area contributed by atoms with Gasteiger partial charge in [0.25, 0.3) is 0 Å². The van der Waals surface area contributed by atoms with E-state index in [0.717, 1.165) is 10.6 Å². The fourth-order valence-electron chi connectivity index (χ4n) is 2.06. The van der Waals surface area contributed by atoms with Gasteiger partial charge in [-0.25, -0.2) is 8.42 Å². The van der Waals surface area contributed by atoms with Gasteiger partial charge in [-0.05, 0) is 31.7 Å². The zero-order valence-corrected chi connectivity index (χ0v) is 15.3. The molecule has 2 aromatic heterocycles. The number of hydrogen-bond donors (Lipinski definition) is 1. The highest BCUT2D eigenvalue weighted by Crippen LogP contribution is 2.27. The number of nitrogens with zero attached hydrogens (tertiary/aromatic N) is 2. The van der Waals surface area contributed by atoms with Crippen molar-refractivity contribution in [2.45, 2.75) is 31.9 Å². The average Bonchev–Trinajstić information content (AvgIpc) is 3.09. The van der Waals surface area contributed by atoms with Gasteiger partial charge in [0, 0.05) is 13.1 Å². The molecule has 0 fully saturated rings. The third-order valence-corrected chi connectivity index (χ3v) is 7.27. The Hall–Kier alpha value is -1.67. The van der Waals surface area contributed by atoms with Crippen molar-refractivity contribution in [3.63, 3.8) is 0 Å². The number of carbonyl (C=O) groups is 1. The number of nitrogens with one attached hydrogen (secondary N) is 1. The second-order valence-electron chi connectivity index (χ2n) is 5.80. The molecule has 0 spiro atoms. The molecule has 0 aliphatic carbocycles. The van der Waals surface area contributed by atoms with Crippen LogP contribution in [0.2, 0.25) is 0 Å². The molecule has 0 saturated heterocycles. The highest BCUT2D eigenvalue weighted by Gasteiger charge is 2.41. The highest BCUT2D eigenvalue weighted by molar-refractivity contribution is 7.93. The number of sulfone groups is 1. The van der Waals surface area contributed by atoms with E-state index in [1.807, 2.05) is 17.5 Å². The van der Waals surface area contributed by atoms with Gasteiger partial charge in [0.2, 0.25) is 5.91 Å². The molecule has 0 atom stereocenters. The summed E-state index contributed by atoms with van der Waals surface area (Å²) in [6, 6.07) is 5.61. The molecule has 2 aromatic rings. The molecule has 8 heteroatoms. The van der Waals surface area contributed by atoms with Crippen molar-refractivity contribution in [1.82, 2.24) is 9.78 Å². The van der Waals surface area contributed by atoms with Gasteiger partial charge in [0.1, 0.15) is 16.3 Å². The van der Waals surface area contributed by atoms with E-state index in [0.29, 0.717) is 12.2 Å². The number of rotatable bonds is 6. The van der Waals surface area contributed by atoms with Crippen molar-refractivity contribution in [1.29, 1.82) is 0 Å². The van der Waals surface area contributed by atoms with Gasteiger partial charge >= 0.3 is 0 Å². The second kappa shape index (κ2) is 6.45. The van der Waals surface area contributed by atoms with Gasteiger partial charge in [-0.2, -0.15) is 5.10 Å². The average molecular weight is 355 g/mol. The first-order chi connectivity index (χ1) is 10.7. The minimum atomic E-state index is -3.52. The summed E-state index contributed by atoms with van der Waals surface area (Å²) in [4.78, 5) is 13.5. The number of thiophene rings is 1. The van der Waals surface area contributed by atoms with E-state index in [4.69, 9.17) is 0 Å². The van der Waals surface area contributed by atoms with Crippen LogP contribution in [-0.2, 0) is 21.7 Å². The minimum Gasteiger partial charge on any atom is -0.310 e. The fourth-order valence-corrected chi connectivity index (χ4v) is 4.12. The molecule has 0 aliphatic rings. The van der Waals surface area contributed by atoms with Gasteiger partial charge in [-0.1, -0.05) is 13.0 Å². The molecule has 23 heavy (non-hydrogen) atoms. The summed E-state index contributed by atoms with van der Waals surface area (Å²) >= 11 is 1.55. The molecule has 6 nitrogen and oxygen atoms in total. The maximum atomic E-state index is 12.5. The van der Waals surface area contributed by atoms with E-state index in [2.05, 4.69) is 10.4 Å². The van der Waals surface area contributed by atoms with Crippen LogP contribution in [0.3, 0.4) is 0 Å². The molecule has 2 rings (SSSR count). The molecular formula is C15H21N3O3S2. The summed E-state index contributed by atoms with van der Waals surface area (Å²) in [5.41, 5.74) is 0.743. The molecule has 1 amide bonds. The Morgan fingerprint density at radius 3 is 2.70 bits per heavy atom. The van der Waals surface area contributed by atoms with Crippen molar-refractivity contribution in [2.24, 2.45) is 7.05 Å². The second-order valence-corrected chi connectivity index (χ2v) is 9.41. The van der Waals surface area contributed by atoms with Crippen LogP contribution in [0.4, 0.5) is 5.82 Å². The smallest absolute Gasteiger partial charge is 0.246 e. The van der Waals surface area contributed by atoms with Crippen LogP contribution in [0.5, 0.6) is 0 Å². The summed E-state index contributed by atoms with van der Waals surface area (Å²) in [7, 11) is -1.81. The molecule has 126 valence electrons. The number of amides is 1. The van der Waals surface area contributed by atoms with Crippen LogP contribution in [-0.4, -0.2) is 34.6 Å². The van der Waals surface area contributed by atoms with Crippen molar-refractivity contribution < 1.29 is 13.2 Å². The van der Waals surface area contributed by atoms with Crippen LogP contribution in [0.15, 0.2) is 23.6 Å². The predicted molar refractivity (Wildman–Crippen MR) is 93.3 cm³/mol. The Bertz CT molecular complexity index is 790. The maximum absolute atomic E-state index is 12.5. The molecule has 2 heterocycles. The number of carbonyl (C=O) groups excluding carboxylic acids is 1. The van der Waals surface area contributed by atoms with Crippen molar-refractivity contribution in [2.75, 3.05) is 11.1 Å². The number of hydrogen-bond acceptors (Lipinski definition) is 5. The monoisotopic (exact) mass is 355 g/mol. The lowest BCUT2D eigenvalue weighted by atomic mass is 10.2. The van der Waals surface area contributed by atoms with Crippen LogP contribution in [0.1, 0.15) is 27.2 Å². The van der Waals surface area contributed by atoms with Gasteiger partial charge in [-0.15, -0.1) is 11.3 Å². The molecular weight excluding hydrogens is 334 g/mol. The van der Waals surface area contributed by atoms with Crippen molar-refractivity contribution in [3.8, 4) is 10.6 Å². The van der Waals surface area contributed by atoms with E-state index < -0.39 is 20.5 Å². The molecule has 0 unspecified atom stereocenters. The van der Waals surface area contributed by atoms with E-state index >= 15 is 0 Å². The summed E-state index contributed by atoms with van der Waals surface area (Å²) in [6.07, 6.45) is 0.479. The lowest BCUT2D eigenvalue weighted by molar-refractivity contribution is -0.117. The molecule has 0 bridgehead atoms. The minimum absolute atomic E-state index is 0.0146. The lowest BCUT2D eigenvalue weighted by Crippen LogP contribution is -2.45. The van der Waals surface area contributed by atoms with E-state index in [9.17, 15) is 13.2 Å². The Morgan fingerprint density at radius 2 is 2.13 bits per heavy atom. The van der Waals surface area contributed by atoms with Crippen LogP contribution in [0.25, 0.3) is 10.6 Å². The predicted octanol–water partition coefficient (Wildman–Crippen LogP) is 2.69. The van der Waals surface area contributed by atoms with Gasteiger partial charge in [0.05, 0.1) is 10.6 Å². The SMILES string of the molecule is CCCS(=O)(=O)C(C)(C)C(=O)Nc1cc(-c2cccs2)nn1C. The van der Waals surface area contributed by atoms with Gasteiger partial charge in [-0.3, -0.25) is 9.48 Å². The highest BCUT2D eigenvalue weighted by atomic mass is 32.2. The molecule has 0 aromatic carbocycles. The zero-order chi connectivity index (χ0) is 17.3. The van der Waals surface area contributed by atoms with Gasteiger partial charge in [0.15, 0.2) is 9.84 Å². The molecule has 0 radical (unpaired) electrons. The Labute approximate surface area is 140 Å². The standard InChI is InChI=1S/C15H21N3O3S2/c1-5-9-23(20,21)15(2,3)14(19)16-13-10-11(17-18(13)4)12-7-6-8-22-12/h6-8,10H,5,9H2,1-4H3,(H,16,19). The van der Waals surface area contributed by atoms with Crippen LogP contribution >= 0.6 is 11.3 Å². The fraction of sp³-hybridized carbons (Fsp3) is 0.467. The van der Waals surface area contributed by atoms with Crippen LogP contribution in [0, 0.1) is 0 Å². The molecule has 0 aliphatic heterocycles. The summed E-state index contributed by atoms with van der Waals surface area (Å²) < 4.78 is 24.6. The quantitative estimate of drug-likeness (QED) is 0.864. The first-order valence-electron chi connectivity index (χ1n) is 7.30. The normalized spacial score (nSPS) is 12.3. The number of aryl methyl sites for hydroxylation is 1. The third-order valence-electron chi connectivity index (χ3n) is 3.69. The van der Waals surface area contributed by atoms with Gasteiger partial charge < -0.3 is 5.32 Å². The maximum Gasteiger partial charge on any atom is 0.246 e. The molecule has 0 saturated carbocycles. The summed E-state index contributed by atoms with van der Waals surface area (Å²) in [5, 5.41) is 8.98. The molecule has 1 N–H and O–H groups in total. The number of anilines is 1. The Kier molecular flexibility index (Phi) is 4.95. The number of aromatic nitrogens is 2. The lowest BCUT2D eigenvalue weighted by Gasteiger charge is -2.23. The van der Waals surface area contributed by atoms with E-state index in [1.54, 1.807) is 31.4 Å². The van der Waals surface area contributed by atoms with E-state index in [-0.39, 0.29) is 5.75 Å². The Balaban J connectivity index is 2.24. The Morgan fingerprint density at radius 1 is 1.43 bits per heavy atom. The van der Waals surface area contributed by atoms with Crippen LogP contribution < -0.4 is 5.32 Å². The third kappa shape index (κ3) is 3.48. The first kappa shape index (κ1) is 17.7. The largest absolute Gasteiger partial charge is 0.310 e. The summed E-state index contributed by atoms with van der Waals surface area (Å²) in [6.45, 7) is 4.65. The topological polar surface area (TPSA) is 81.1 Å². The van der Waals surface area contributed by atoms with Crippen molar-refractivity contribution >= 4 is 32.9 Å². The van der Waals surface area contributed by atoms with Crippen molar-refractivity contribution in [3.05, 3.63) is 23.6 Å². The van der Waals surface area contributed by atoms with E-state index in [1.165, 1.54) is 18.5 Å². The zero-order valence-electron chi connectivity index (χ0n) is 13.7.